The lowest BCUT2D eigenvalue weighted by atomic mass is 10.0. The molecule has 3 aliphatic heterocycles. The van der Waals surface area contributed by atoms with Crippen LogP contribution in [0.1, 0.15) is 50.6 Å². The van der Waals surface area contributed by atoms with Crippen molar-refractivity contribution < 1.29 is 75.8 Å². The molecule has 0 unspecified atom stereocenters. The number of ether oxygens (including phenoxy) is 6. The van der Waals surface area contributed by atoms with Gasteiger partial charge in [-0.25, -0.2) is 14.6 Å². The van der Waals surface area contributed by atoms with E-state index in [1.807, 2.05) is 48.5 Å². The number of rotatable bonds is 27. The number of hydrogen-bond acceptors (Lipinski definition) is 19. The van der Waals surface area contributed by atoms with Crippen LogP contribution in [0.5, 0.6) is 28.7 Å². The number of thioether (sulfide) groups is 1. The summed E-state index contributed by atoms with van der Waals surface area (Å²) in [5, 5.41) is 11.2. The number of benzene rings is 4. The number of fused-ring (bicyclic) bond motifs is 1. The normalized spacial score (nSPS) is 16.5. The van der Waals surface area contributed by atoms with Crippen LogP contribution in [-0.2, 0) is 62.7 Å². The monoisotopic (exact) mass is 1160 g/mol. The van der Waals surface area contributed by atoms with Crippen molar-refractivity contribution in [3.05, 3.63) is 151 Å². The summed E-state index contributed by atoms with van der Waals surface area (Å²) in [5.74, 6) is -0.0866. The molecule has 2 saturated heterocycles. The van der Waals surface area contributed by atoms with E-state index in [1.54, 1.807) is 70.0 Å². The van der Waals surface area contributed by atoms with Crippen LogP contribution in [0.15, 0.2) is 118 Å². The highest BCUT2D eigenvalue weighted by atomic mass is 35.5. The first-order valence-corrected chi connectivity index (χ1v) is 27.8. The number of amides is 3. The van der Waals surface area contributed by atoms with E-state index in [4.69, 9.17) is 49.5 Å². The molecule has 1 aromatic heterocycles. The van der Waals surface area contributed by atoms with Crippen LogP contribution < -0.4 is 34.3 Å². The number of thiazole rings is 1. The Balaban J connectivity index is 1.01. The number of nitrogens with one attached hydrogen (secondary N) is 2. The molecule has 5 aromatic rings. The fourth-order valence-corrected chi connectivity index (χ4v) is 11.5. The summed E-state index contributed by atoms with van der Waals surface area (Å²) in [4.78, 5) is 91.5. The van der Waals surface area contributed by atoms with Crippen LogP contribution in [0, 0.1) is 6.92 Å². The van der Waals surface area contributed by atoms with Crippen LogP contribution in [0.4, 0.5) is 0 Å². The van der Waals surface area contributed by atoms with Gasteiger partial charge in [0.2, 0.25) is 5.76 Å². The van der Waals surface area contributed by atoms with E-state index in [2.05, 4.69) is 25.4 Å². The summed E-state index contributed by atoms with van der Waals surface area (Å²) in [6, 6.07) is 24.0. The highest BCUT2D eigenvalue weighted by Crippen LogP contribution is 2.43. The number of halogens is 1. The van der Waals surface area contributed by atoms with Gasteiger partial charge in [0.05, 0.1) is 63.1 Å². The molecule has 3 amide bonds. The van der Waals surface area contributed by atoms with Crippen molar-refractivity contribution in [1.29, 1.82) is 0 Å². The molecule has 4 aromatic carbocycles. The molecule has 2 atom stereocenters. The number of quaternary nitrogens is 1. The van der Waals surface area contributed by atoms with Crippen molar-refractivity contribution in [2.75, 3.05) is 59.8 Å². The second-order valence-corrected chi connectivity index (χ2v) is 21.2. The molecule has 0 aliphatic carbocycles. The average molecular weight is 1160 g/mol. The minimum Gasteiger partial charge on any atom is -0.538 e. The van der Waals surface area contributed by atoms with Crippen molar-refractivity contribution in [3.63, 3.8) is 0 Å². The topological polar surface area (TPSA) is 238 Å². The highest BCUT2D eigenvalue weighted by molar-refractivity contribution is 8.00. The molecule has 81 heavy (non-hydrogen) atoms. The number of β-lactam (4-membered cyclic amide) rings is 1. The van der Waals surface area contributed by atoms with Crippen molar-refractivity contribution >= 4 is 92.1 Å². The maximum absolute atomic E-state index is 14.5. The molecule has 0 radical (unpaired) electrons. The van der Waals surface area contributed by atoms with E-state index in [9.17, 15) is 28.8 Å². The number of esters is 1. The number of likely N-dealkylation sites (tertiary alicyclic amines) is 1. The fourth-order valence-electron chi connectivity index (χ4n) is 9.23. The number of carbonyl (C=O) groups excluding carboxylic acids is 6. The maximum atomic E-state index is 14.5. The summed E-state index contributed by atoms with van der Waals surface area (Å²) in [5.41, 5.74) is 3.05. The summed E-state index contributed by atoms with van der Waals surface area (Å²) in [6.07, 6.45) is 1.78. The lowest BCUT2D eigenvalue weighted by Gasteiger charge is -2.50. The van der Waals surface area contributed by atoms with E-state index < -0.39 is 46.8 Å². The van der Waals surface area contributed by atoms with Gasteiger partial charge in [-0.3, -0.25) is 24.1 Å². The first kappa shape index (κ1) is 59.1. The molecular weight excluding hydrogens is 1110 g/mol. The minimum absolute atomic E-state index is 0.0710. The number of carbonyl (C=O) groups is 6. The summed E-state index contributed by atoms with van der Waals surface area (Å²) >= 11 is 9.64. The summed E-state index contributed by atoms with van der Waals surface area (Å²) in [6.45, 7) is 4.63. The van der Waals surface area contributed by atoms with Gasteiger partial charge in [0.15, 0.2) is 17.2 Å². The summed E-state index contributed by atoms with van der Waals surface area (Å²) in [7, 11) is 5.48. The first-order chi connectivity index (χ1) is 39.3. The Morgan fingerprint density at radius 3 is 2.07 bits per heavy atom. The van der Waals surface area contributed by atoms with Crippen LogP contribution >= 0.6 is 34.7 Å². The quantitative estimate of drug-likeness (QED) is 0.00679. The molecule has 21 nitrogen and oxygen atoms in total. The molecule has 4 heterocycles. The van der Waals surface area contributed by atoms with Crippen molar-refractivity contribution in [2.45, 2.75) is 51.0 Å². The lowest BCUT2D eigenvalue weighted by Crippen LogP contribution is -2.71. The van der Waals surface area contributed by atoms with Gasteiger partial charge in [0, 0.05) is 29.5 Å². The van der Waals surface area contributed by atoms with E-state index in [1.165, 1.54) is 28.0 Å². The zero-order valence-corrected chi connectivity index (χ0v) is 47.5. The number of hydrogen-bond donors (Lipinski definition) is 2. The Hall–Kier alpha value is -7.99. The third kappa shape index (κ3) is 14.7. The van der Waals surface area contributed by atoms with Crippen molar-refractivity contribution in [3.8, 4) is 28.7 Å². The Morgan fingerprint density at radius 2 is 1.49 bits per heavy atom. The predicted octanol–water partition coefficient (Wildman–Crippen LogP) is 4.90. The van der Waals surface area contributed by atoms with E-state index in [0.717, 1.165) is 51.1 Å². The molecule has 26 heteroatoms. The van der Waals surface area contributed by atoms with Crippen LogP contribution in [0.25, 0.3) is 0 Å². The number of oxime groups is 1. The van der Waals surface area contributed by atoms with Crippen LogP contribution in [-0.4, -0.2) is 143 Å². The second kappa shape index (κ2) is 27.9. The molecule has 8 rings (SSSR count). The molecule has 0 spiro atoms. The molecule has 0 saturated carbocycles. The number of nitrogens with zero attached hydrogens (tertiary/aromatic N) is 4. The first-order valence-electron chi connectivity index (χ1n) is 25.5. The van der Waals surface area contributed by atoms with Gasteiger partial charge in [-0.2, -0.15) is 0 Å². The molecule has 3 aliphatic rings. The minimum atomic E-state index is -1.13. The average Bonchev–Trinajstić information content (AvgIpc) is 4.30. The lowest BCUT2D eigenvalue weighted by molar-refractivity contribution is -0.911. The Kier molecular flexibility index (Phi) is 20.4. The molecular formula is C55H58B2ClN6O15S2+. The Morgan fingerprint density at radius 1 is 0.877 bits per heavy atom. The van der Waals surface area contributed by atoms with Crippen LogP contribution in [0.3, 0.4) is 0 Å². The second-order valence-electron chi connectivity index (χ2n) is 18.7. The van der Waals surface area contributed by atoms with Gasteiger partial charge in [0.25, 0.3) is 24.2 Å². The summed E-state index contributed by atoms with van der Waals surface area (Å²) < 4.78 is 44.3. The van der Waals surface area contributed by atoms with Crippen LogP contribution in [0.2, 0.25) is 5.02 Å². The highest BCUT2D eigenvalue weighted by Gasteiger charge is 2.55. The van der Waals surface area contributed by atoms with Gasteiger partial charge < -0.3 is 57.7 Å². The third-order valence-corrected chi connectivity index (χ3v) is 16.0. The van der Waals surface area contributed by atoms with Gasteiger partial charge in [-0.05, 0) is 78.1 Å². The largest absolute Gasteiger partial charge is 0.538 e. The van der Waals surface area contributed by atoms with Gasteiger partial charge in [-0.1, -0.05) is 53.2 Å². The SMILES string of the molecule is BOC(=O)/C(=C\BOC=O)O/N=C(\C(=O)N[C@@H]1C(=O)N2C(C(=O)OCc3ccc(OC)cc3)=C(C[N+]3(CCNC(=O)c4ccc(OCc5ccc(OC)cc5)c(OCc5ccc(OC)cc5)c4Cl)CCCC3)CS[C@H]12)c1csc(C)n1. The number of aromatic nitrogens is 1. The molecule has 2 N–H and O–H groups in total. The predicted molar refractivity (Wildman–Crippen MR) is 304 cm³/mol. The Labute approximate surface area is 482 Å². The van der Waals surface area contributed by atoms with Gasteiger partial charge in [-0.15, -0.1) is 23.1 Å². The van der Waals surface area contributed by atoms with Gasteiger partial charge >= 0.3 is 27.5 Å². The van der Waals surface area contributed by atoms with E-state index in [-0.39, 0.29) is 73.8 Å². The Bertz CT molecular complexity index is 3190. The van der Waals surface area contributed by atoms with E-state index >= 15 is 0 Å². The molecule has 2 fully saturated rings. The zero-order valence-electron chi connectivity index (χ0n) is 45.1. The third-order valence-electron chi connectivity index (χ3n) is 13.5. The maximum Gasteiger partial charge on any atom is 0.374 e. The number of methoxy groups -OCH3 is 3. The van der Waals surface area contributed by atoms with Gasteiger partial charge in [0.1, 0.15) is 66.4 Å². The van der Waals surface area contributed by atoms with E-state index in [0.29, 0.717) is 62.5 Å². The fraction of sp³-hybridized carbons (Fsp3) is 0.309. The smallest absolute Gasteiger partial charge is 0.374 e. The van der Waals surface area contributed by atoms with Crippen molar-refractivity contribution in [1.82, 2.24) is 20.5 Å². The molecule has 422 valence electrons. The molecule has 0 bridgehead atoms. The standard InChI is InChI=1S/C55H57B2ClN6O15S2/c1-33-60-42(31-80-33)46(62-79-44(54(69)78-56)25-57-77-32-65)51(67)61-47-52(68)63-48(55(70)76-29-36-11-17-40(73-4)18-12-36)37(30-81-53(47)63)26-64(22-5-6-23-64)24-21-59-50(66)41-19-20-43(74-27-34-7-13-38(71-2)14-8-34)49(45(41)58)75-28-35-9-15-39(72-3)16-10-35/h7-20,25,31-32,47,53,57H,5-6,21-24,26-30,56H2,1-4H3,(H-,59,61,66,67)/p+1/b44-25+,62-46-/t47-,53-/m1/s1. The zero-order chi connectivity index (χ0) is 57.5. The van der Waals surface area contributed by atoms with Crippen molar-refractivity contribution in [2.24, 2.45) is 5.16 Å². The number of aryl methyl sites for hydroxylation is 1.